The molecule has 7 rings (SSSR count). The molecule has 0 fully saturated rings. The molecule has 0 unspecified atom stereocenters. The fourth-order valence-electron chi connectivity index (χ4n) is 7.32. The van der Waals surface area contributed by atoms with Crippen molar-refractivity contribution in [3.8, 4) is 0 Å². The van der Waals surface area contributed by atoms with Crippen LogP contribution < -0.4 is 4.90 Å². The van der Waals surface area contributed by atoms with Crippen LogP contribution in [0.15, 0.2) is 110 Å². The Bertz CT molecular complexity index is 2110. The SMILES string of the molecule is C=Cc1cc(C)c(C(C)=O)cc1C=C.CC=Cc1ccc2c3c(ccc2c1)N(c1cccc2c1C=CCC2)c1ccccc1C3(C)C. The van der Waals surface area contributed by atoms with Gasteiger partial charge in [0.1, 0.15) is 0 Å². The Labute approximate surface area is 280 Å². The number of carbonyl (C=O) groups excluding carboxylic acids is 1. The van der Waals surface area contributed by atoms with Crippen molar-refractivity contribution in [2.75, 3.05) is 4.90 Å². The van der Waals surface area contributed by atoms with Gasteiger partial charge in [-0.1, -0.05) is 118 Å². The molecule has 0 spiro atoms. The van der Waals surface area contributed by atoms with Crippen LogP contribution in [0.4, 0.5) is 17.1 Å². The summed E-state index contributed by atoms with van der Waals surface area (Å²) in [4.78, 5) is 13.8. The lowest BCUT2D eigenvalue weighted by molar-refractivity contribution is 0.101. The van der Waals surface area contributed by atoms with Crippen molar-refractivity contribution < 1.29 is 4.79 Å². The van der Waals surface area contributed by atoms with Crippen molar-refractivity contribution in [1.82, 2.24) is 0 Å². The number of ketones is 1. The first-order valence-corrected chi connectivity index (χ1v) is 16.5. The first-order chi connectivity index (χ1) is 22.7. The number of nitrogens with zero attached hydrogens (tertiary/aromatic N) is 1. The molecular formula is C45H43NO. The van der Waals surface area contributed by atoms with Crippen LogP contribution in [0.3, 0.4) is 0 Å². The summed E-state index contributed by atoms with van der Waals surface area (Å²) in [5.41, 5.74) is 14.3. The van der Waals surface area contributed by atoms with Crippen LogP contribution in [0.1, 0.15) is 89.0 Å². The number of para-hydroxylation sites is 1. The van der Waals surface area contributed by atoms with E-state index in [0.29, 0.717) is 0 Å². The number of aryl methyl sites for hydroxylation is 2. The number of carbonyl (C=O) groups is 1. The number of rotatable bonds is 5. The zero-order valence-electron chi connectivity index (χ0n) is 28.2. The summed E-state index contributed by atoms with van der Waals surface area (Å²) in [6, 6.07) is 31.1. The average Bonchev–Trinajstić information content (AvgIpc) is 3.08. The maximum Gasteiger partial charge on any atom is 0.160 e. The molecule has 2 heteroatoms. The standard InChI is InChI=1S/C32H29N.C13H14O/c1-4-10-22-17-19-26-24(21-22)18-20-30-31(26)32(2,3)27-14-7-8-15-29(27)33(30)28-16-9-12-23-11-5-6-13-25(23)28;1-5-11-7-9(3)13(10(4)14)8-12(11)6-2/h4,6-10,12-21H,5,11H2,1-3H3;5-8H,1-2H2,3-4H3. The zero-order chi connectivity index (χ0) is 33.3. The topological polar surface area (TPSA) is 20.3 Å². The molecule has 1 heterocycles. The molecule has 47 heavy (non-hydrogen) atoms. The maximum absolute atomic E-state index is 11.3. The number of hydrogen-bond donors (Lipinski definition) is 0. The van der Waals surface area contributed by atoms with Gasteiger partial charge in [0.25, 0.3) is 0 Å². The van der Waals surface area contributed by atoms with Crippen LogP contribution in [-0.2, 0) is 11.8 Å². The smallest absolute Gasteiger partial charge is 0.160 e. The van der Waals surface area contributed by atoms with Crippen LogP contribution in [0, 0.1) is 6.92 Å². The summed E-state index contributed by atoms with van der Waals surface area (Å²) in [7, 11) is 0. The van der Waals surface area contributed by atoms with E-state index in [4.69, 9.17) is 0 Å². The van der Waals surface area contributed by atoms with Crippen molar-refractivity contribution >= 4 is 57.9 Å². The normalized spacial score (nSPS) is 14.1. The van der Waals surface area contributed by atoms with E-state index in [9.17, 15) is 4.79 Å². The van der Waals surface area contributed by atoms with Crippen molar-refractivity contribution in [1.29, 1.82) is 0 Å². The van der Waals surface area contributed by atoms with Gasteiger partial charge in [-0.25, -0.2) is 0 Å². The quantitative estimate of drug-likeness (QED) is 0.184. The van der Waals surface area contributed by atoms with E-state index in [2.05, 4.69) is 136 Å². The van der Waals surface area contributed by atoms with Crippen molar-refractivity contribution in [3.05, 3.63) is 160 Å². The molecule has 2 aliphatic rings. The van der Waals surface area contributed by atoms with Gasteiger partial charge >= 0.3 is 0 Å². The number of anilines is 3. The summed E-state index contributed by atoms with van der Waals surface area (Å²) in [6.45, 7) is 17.8. The second-order valence-electron chi connectivity index (χ2n) is 13.0. The van der Waals surface area contributed by atoms with Gasteiger partial charge in [0.2, 0.25) is 0 Å². The minimum atomic E-state index is -0.102. The molecule has 5 aromatic rings. The molecule has 234 valence electrons. The Morgan fingerprint density at radius 2 is 1.60 bits per heavy atom. The van der Waals surface area contributed by atoms with E-state index in [0.717, 1.165) is 35.1 Å². The van der Waals surface area contributed by atoms with E-state index in [1.54, 1.807) is 19.1 Å². The van der Waals surface area contributed by atoms with Gasteiger partial charge in [-0.3, -0.25) is 4.79 Å². The lowest BCUT2D eigenvalue weighted by Gasteiger charge is -2.43. The van der Waals surface area contributed by atoms with Gasteiger partial charge in [-0.15, -0.1) is 0 Å². The number of allylic oxidation sites excluding steroid dienone is 2. The van der Waals surface area contributed by atoms with Crippen molar-refractivity contribution in [2.45, 2.75) is 52.9 Å². The second kappa shape index (κ2) is 12.9. The van der Waals surface area contributed by atoms with Crippen LogP contribution >= 0.6 is 0 Å². The lowest BCUT2D eigenvalue weighted by atomic mass is 9.71. The van der Waals surface area contributed by atoms with Gasteiger partial charge < -0.3 is 4.90 Å². The molecule has 0 atom stereocenters. The fraction of sp³-hybridized carbons (Fsp3) is 0.178. The number of Topliss-reactive ketones (excluding diaryl/α,β-unsaturated/α-hetero) is 1. The summed E-state index contributed by atoms with van der Waals surface area (Å²) >= 11 is 0. The Morgan fingerprint density at radius 1 is 0.851 bits per heavy atom. The van der Waals surface area contributed by atoms with Gasteiger partial charge in [0.15, 0.2) is 5.78 Å². The molecule has 0 radical (unpaired) electrons. The number of benzene rings is 5. The molecule has 0 amide bonds. The fourth-order valence-corrected chi connectivity index (χ4v) is 7.32. The molecular weight excluding hydrogens is 571 g/mol. The highest BCUT2D eigenvalue weighted by Crippen LogP contribution is 2.54. The minimum Gasteiger partial charge on any atom is -0.309 e. The summed E-state index contributed by atoms with van der Waals surface area (Å²) in [5, 5.41) is 2.64. The van der Waals surface area contributed by atoms with Gasteiger partial charge in [0.05, 0.1) is 17.1 Å². The Balaban J connectivity index is 0.000000233. The predicted octanol–water partition coefficient (Wildman–Crippen LogP) is 12.4. The average molecular weight is 614 g/mol. The predicted molar refractivity (Wildman–Crippen MR) is 204 cm³/mol. The van der Waals surface area contributed by atoms with Gasteiger partial charge in [-0.2, -0.15) is 0 Å². The van der Waals surface area contributed by atoms with Crippen molar-refractivity contribution in [2.24, 2.45) is 0 Å². The third-order valence-corrected chi connectivity index (χ3v) is 9.59. The molecule has 0 N–H and O–H groups in total. The maximum atomic E-state index is 11.3. The summed E-state index contributed by atoms with van der Waals surface area (Å²) in [6.07, 6.45) is 14.7. The summed E-state index contributed by atoms with van der Waals surface area (Å²) in [5.74, 6) is 0.0845. The highest BCUT2D eigenvalue weighted by atomic mass is 16.1. The highest BCUT2D eigenvalue weighted by Gasteiger charge is 2.38. The first-order valence-electron chi connectivity index (χ1n) is 16.5. The third kappa shape index (κ3) is 5.70. The lowest BCUT2D eigenvalue weighted by Crippen LogP contribution is -2.31. The van der Waals surface area contributed by atoms with E-state index >= 15 is 0 Å². The van der Waals surface area contributed by atoms with Gasteiger partial charge in [0, 0.05) is 16.5 Å². The summed E-state index contributed by atoms with van der Waals surface area (Å²) < 4.78 is 0. The van der Waals surface area contributed by atoms with Crippen LogP contribution in [0.5, 0.6) is 0 Å². The number of hydrogen-bond acceptors (Lipinski definition) is 2. The van der Waals surface area contributed by atoms with E-state index in [1.165, 1.54) is 55.7 Å². The molecule has 1 aliphatic carbocycles. The molecule has 0 aromatic heterocycles. The zero-order valence-corrected chi connectivity index (χ0v) is 28.2. The molecule has 1 aliphatic heterocycles. The van der Waals surface area contributed by atoms with Crippen LogP contribution in [-0.4, -0.2) is 5.78 Å². The monoisotopic (exact) mass is 613 g/mol. The number of fused-ring (bicyclic) bond motifs is 5. The third-order valence-electron chi connectivity index (χ3n) is 9.59. The molecule has 5 aromatic carbocycles. The van der Waals surface area contributed by atoms with Crippen LogP contribution in [0.25, 0.3) is 35.1 Å². The van der Waals surface area contributed by atoms with E-state index in [1.807, 2.05) is 19.1 Å². The largest absolute Gasteiger partial charge is 0.309 e. The molecule has 0 bridgehead atoms. The van der Waals surface area contributed by atoms with Gasteiger partial charge in [-0.05, 0) is 114 Å². The molecule has 0 saturated heterocycles. The van der Waals surface area contributed by atoms with Crippen molar-refractivity contribution in [3.63, 3.8) is 0 Å². The first kappa shape index (κ1) is 31.8. The molecule has 0 saturated carbocycles. The van der Waals surface area contributed by atoms with E-state index < -0.39 is 0 Å². The minimum absolute atomic E-state index is 0.0845. The molecule has 2 nitrogen and oxygen atoms in total. The Morgan fingerprint density at radius 3 is 2.34 bits per heavy atom. The second-order valence-corrected chi connectivity index (χ2v) is 13.0. The van der Waals surface area contributed by atoms with Crippen LogP contribution in [0.2, 0.25) is 0 Å². The highest BCUT2D eigenvalue weighted by molar-refractivity contribution is 6.00. The Hall–Kier alpha value is -5.21. The Kier molecular flexibility index (Phi) is 8.71. The van der Waals surface area contributed by atoms with E-state index in [-0.39, 0.29) is 11.2 Å².